The van der Waals surface area contributed by atoms with Crippen molar-refractivity contribution in [2.45, 2.75) is 24.6 Å². The Bertz CT molecular complexity index is 343. The molecule has 0 spiro atoms. The molecule has 17 heavy (non-hydrogen) atoms. The molecule has 0 saturated carbocycles. The van der Waals surface area contributed by atoms with Gasteiger partial charge in [0.2, 0.25) is 5.91 Å². The maximum Gasteiger partial charge on any atom is 0.241 e. The predicted octanol–water partition coefficient (Wildman–Crippen LogP) is 1.94. The Labute approximate surface area is 107 Å². The van der Waals surface area contributed by atoms with Crippen molar-refractivity contribution in [2.75, 3.05) is 12.8 Å². The summed E-state index contributed by atoms with van der Waals surface area (Å²) in [6.45, 7) is 2.83. The molecule has 0 radical (unpaired) electrons. The number of carbonyl (C=O) groups excluding carboxylic acids is 1. The number of rotatable bonds is 6. The molecular formula is C13H20N2OS. The van der Waals surface area contributed by atoms with Crippen LogP contribution in [0.3, 0.4) is 0 Å². The number of nitrogens with one attached hydrogen (secondary N) is 1. The van der Waals surface area contributed by atoms with E-state index in [1.807, 2.05) is 30.3 Å². The molecule has 0 aliphatic rings. The summed E-state index contributed by atoms with van der Waals surface area (Å²) in [6.07, 6.45) is 3.04. The molecule has 1 amide bonds. The summed E-state index contributed by atoms with van der Waals surface area (Å²) in [4.78, 5) is 11.8. The number of benzene rings is 1. The van der Waals surface area contributed by atoms with Gasteiger partial charge in [0.1, 0.15) is 6.04 Å². The number of nitrogens with two attached hydrogens (primary N) is 1. The van der Waals surface area contributed by atoms with Crippen molar-refractivity contribution in [1.29, 1.82) is 0 Å². The Morgan fingerprint density at radius 3 is 2.65 bits per heavy atom. The Hall–Kier alpha value is -1.00. The van der Waals surface area contributed by atoms with Gasteiger partial charge in [-0.1, -0.05) is 37.3 Å². The topological polar surface area (TPSA) is 55.1 Å². The minimum atomic E-state index is -0.569. The first-order chi connectivity index (χ1) is 8.15. The monoisotopic (exact) mass is 252 g/mol. The highest BCUT2D eigenvalue weighted by atomic mass is 32.2. The second kappa shape index (κ2) is 7.35. The Morgan fingerprint density at radius 1 is 1.41 bits per heavy atom. The van der Waals surface area contributed by atoms with Crippen LogP contribution in [0.5, 0.6) is 0 Å². The molecule has 0 fully saturated rings. The van der Waals surface area contributed by atoms with Gasteiger partial charge in [0.05, 0.1) is 0 Å². The van der Waals surface area contributed by atoms with E-state index < -0.39 is 6.04 Å². The number of carbonyl (C=O) groups is 1. The van der Waals surface area contributed by atoms with E-state index in [1.54, 1.807) is 11.8 Å². The Balaban J connectivity index is 2.38. The van der Waals surface area contributed by atoms with Crippen LogP contribution in [0.25, 0.3) is 0 Å². The quantitative estimate of drug-likeness (QED) is 0.813. The number of thioether (sulfide) groups is 1. The van der Waals surface area contributed by atoms with E-state index in [9.17, 15) is 4.79 Å². The smallest absolute Gasteiger partial charge is 0.241 e. The van der Waals surface area contributed by atoms with E-state index in [2.05, 4.69) is 18.5 Å². The summed E-state index contributed by atoms with van der Waals surface area (Å²) in [6, 6.07) is 8.86. The summed E-state index contributed by atoms with van der Waals surface area (Å²) >= 11 is 1.80. The Morgan fingerprint density at radius 2 is 2.06 bits per heavy atom. The SMILES string of the molecule is CSC(C)CCNC(=O)C(N)c1ccccc1. The van der Waals surface area contributed by atoms with E-state index in [-0.39, 0.29) is 5.91 Å². The second-order valence-electron chi connectivity index (χ2n) is 4.01. The second-order valence-corrected chi connectivity index (χ2v) is 5.29. The first-order valence-corrected chi connectivity index (χ1v) is 7.05. The molecule has 1 aromatic rings. The maximum absolute atomic E-state index is 11.8. The van der Waals surface area contributed by atoms with Crippen molar-refractivity contribution in [1.82, 2.24) is 5.32 Å². The lowest BCUT2D eigenvalue weighted by molar-refractivity contribution is -0.122. The van der Waals surface area contributed by atoms with Gasteiger partial charge in [-0.05, 0) is 18.2 Å². The predicted molar refractivity (Wildman–Crippen MR) is 74.0 cm³/mol. The summed E-state index contributed by atoms with van der Waals surface area (Å²) < 4.78 is 0. The average molecular weight is 252 g/mol. The third-order valence-corrected chi connectivity index (χ3v) is 3.73. The molecule has 0 saturated heterocycles. The van der Waals surface area contributed by atoms with Crippen molar-refractivity contribution in [3.05, 3.63) is 35.9 Å². The minimum Gasteiger partial charge on any atom is -0.354 e. The van der Waals surface area contributed by atoms with Gasteiger partial charge in [0.15, 0.2) is 0 Å². The van der Waals surface area contributed by atoms with Gasteiger partial charge < -0.3 is 11.1 Å². The van der Waals surface area contributed by atoms with Gasteiger partial charge in [-0.15, -0.1) is 0 Å². The Kier molecular flexibility index (Phi) is 6.08. The van der Waals surface area contributed by atoms with Crippen molar-refractivity contribution in [3.63, 3.8) is 0 Å². The van der Waals surface area contributed by atoms with Crippen LogP contribution in [0, 0.1) is 0 Å². The summed E-state index contributed by atoms with van der Waals surface area (Å²) in [7, 11) is 0. The third kappa shape index (κ3) is 4.79. The molecule has 0 aliphatic carbocycles. The van der Waals surface area contributed by atoms with Gasteiger partial charge in [-0.3, -0.25) is 4.79 Å². The molecule has 3 nitrogen and oxygen atoms in total. The normalized spacial score (nSPS) is 14.1. The molecular weight excluding hydrogens is 232 g/mol. The third-order valence-electron chi connectivity index (χ3n) is 2.69. The first kappa shape index (κ1) is 14.1. The molecule has 1 aromatic carbocycles. The first-order valence-electron chi connectivity index (χ1n) is 5.76. The van der Waals surface area contributed by atoms with Crippen molar-refractivity contribution < 1.29 is 4.79 Å². The molecule has 3 N–H and O–H groups in total. The fraction of sp³-hybridized carbons (Fsp3) is 0.462. The van der Waals surface area contributed by atoms with E-state index >= 15 is 0 Å². The zero-order chi connectivity index (χ0) is 12.7. The number of amides is 1. The van der Waals surface area contributed by atoms with Crippen molar-refractivity contribution in [3.8, 4) is 0 Å². The molecule has 0 bridgehead atoms. The van der Waals surface area contributed by atoms with Crippen LogP contribution in [-0.4, -0.2) is 24.0 Å². The molecule has 0 aromatic heterocycles. The molecule has 0 heterocycles. The fourth-order valence-electron chi connectivity index (χ4n) is 1.44. The zero-order valence-corrected chi connectivity index (χ0v) is 11.2. The average Bonchev–Trinajstić information content (AvgIpc) is 2.38. The van der Waals surface area contributed by atoms with Crippen molar-refractivity contribution in [2.24, 2.45) is 5.73 Å². The number of hydrogen-bond acceptors (Lipinski definition) is 3. The van der Waals surface area contributed by atoms with Crippen LogP contribution in [0.15, 0.2) is 30.3 Å². The van der Waals surface area contributed by atoms with Crippen LogP contribution < -0.4 is 11.1 Å². The highest BCUT2D eigenvalue weighted by Gasteiger charge is 2.14. The van der Waals surface area contributed by atoms with Gasteiger partial charge in [0, 0.05) is 11.8 Å². The van der Waals surface area contributed by atoms with Gasteiger partial charge in [-0.2, -0.15) is 11.8 Å². The summed E-state index contributed by atoms with van der Waals surface area (Å²) in [5.74, 6) is -0.107. The lowest BCUT2D eigenvalue weighted by atomic mass is 10.1. The maximum atomic E-state index is 11.8. The molecule has 2 unspecified atom stereocenters. The molecule has 4 heteroatoms. The zero-order valence-electron chi connectivity index (χ0n) is 10.3. The minimum absolute atomic E-state index is 0.107. The highest BCUT2D eigenvalue weighted by Crippen LogP contribution is 2.10. The van der Waals surface area contributed by atoms with Gasteiger partial charge in [-0.25, -0.2) is 0 Å². The molecule has 0 aliphatic heterocycles. The van der Waals surface area contributed by atoms with Gasteiger partial charge in [0.25, 0.3) is 0 Å². The molecule has 2 atom stereocenters. The van der Waals surface area contributed by atoms with E-state index in [4.69, 9.17) is 5.73 Å². The van der Waals surface area contributed by atoms with E-state index in [0.29, 0.717) is 11.8 Å². The van der Waals surface area contributed by atoms with E-state index in [1.165, 1.54) is 0 Å². The summed E-state index contributed by atoms with van der Waals surface area (Å²) in [5.41, 5.74) is 6.72. The van der Waals surface area contributed by atoms with Crippen LogP contribution in [0.4, 0.5) is 0 Å². The molecule has 1 rings (SSSR count). The van der Waals surface area contributed by atoms with Crippen LogP contribution in [0.2, 0.25) is 0 Å². The standard InChI is InChI=1S/C13H20N2OS/c1-10(17-2)8-9-15-13(16)12(14)11-6-4-3-5-7-11/h3-7,10,12H,8-9,14H2,1-2H3,(H,15,16). The van der Waals surface area contributed by atoms with E-state index in [0.717, 1.165) is 12.0 Å². The van der Waals surface area contributed by atoms with Crippen molar-refractivity contribution >= 4 is 17.7 Å². The van der Waals surface area contributed by atoms with Gasteiger partial charge >= 0.3 is 0 Å². The fourth-order valence-corrected chi connectivity index (χ4v) is 1.79. The lowest BCUT2D eigenvalue weighted by Crippen LogP contribution is -2.35. The van der Waals surface area contributed by atoms with Crippen LogP contribution in [0.1, 0.15) is 24.9 Å². The largest absolute Gasteiger partial charge is 0.354 e. The van der Waals surface area contributed by atoms with Crippen LogP contribution >= 0.6 is 11.8 Å². The van der Waals surface area contributed by atoms with Crippen LogP contribution in [-0.2, 0) is 4.79 Å². The molecule has 94 valence electrons. The highest BCUT2D eigenvalue weighted by molar-refractivity contribution is 7.99. The lowest BCUT2D eigenvalue weighted by Gasteiger charge is -2.13. The number of hydrogen-bond donors (Lipinski definition) is 2. The summed E-state index contributed by atoms with van der Waals surface area (Å²) in [5, 5.41) is 3.43.